The van der Waals surface area contributed by atoms with E-state index in [2.05, 4.69) is 10.3 Å². The van der Waals surface area contributed by atoms with Crippen LogP contribution in [0.15, 0.2) is 16.3 Å². The molecule has 3 heteroatoms. The van der Waals surface area contributed by atoms with Crippen molar-refractivity contribution in [1.82, 2.24) is 5.32 Å². The summed E-state index contributed by atoms with van der Waals surface area (Å²) in [6.45, 7) is 3.98. The fourth-order valence-electron chi connectivity index (χ4n) is 1.19. The van der Waals surface area contributed by atoms with Crippen LogP contribution in [0.25, 0.3) is 0 Å². The third-order valence-electron chi connectivity index (χ3n) is 1.89. The summed E-state index contributed by atoms with van der Waals surface area (Å²) in [7, 11) is 1.88. The van der Waals surface area contributed by atoms with Gasteiger partial charge in [0, 0.05) is 19.2 Å². The molecule has 1 aliphatic heterocycles. The number of amidine groups is 1. The molecule has 1 heterocycles. The largest absolute Gasteiger partial charge is 0.376 e. The van der Waals surface area contributed by atoms with Crippen molar-refractivity contribution in [3.63, 3.8) is 0 Å². The highest BCUT2D eigenvalue weighted by Gasteiger charge is 2.17. The van der Waals surface area contributed by atoms with Crippen LogP contribution in [0, 0.1) is 0 Å². The van der Waals surface area contributed by atoms with Gasteiger partial charge in [-0.25, -0.2) is 4.99 Å². The second-order valence-electron chi connectivity index (χ2n) is 2.71. The maximum Gasteiger partial charge on any atom is 0.106 e. The molecule has 0 bridgehead atoms. The highest BCUT2D eigenvalue weighted by atomic mass is 35.5. The Hall–Kier alpha value is -0.500. The maximum atomic E-state index is 5.94. The summed E-state index contributed by atoms with van der Waals surface area (Å²) >= 11 is 5.94. The van der Waals surface area contributed by atoms with E-state index in [0.29, 0.717) is 0 Å². The van der Waals surface area contributed by atoms with Crippen LogP contribution < -0.4 is 5.32 Å². The lowest BCUT2D eigenvalue weighted by molar-refractivity contribution is 1.03. The third-order valence-corrected chi connectivity index (χ3v) is 2.16. The van der Waals surface area contributed by atoms with E-state index >= 15 is 0 Å². The highest BCUT2D eigenvalue weighted by Crippen LogP contribution is 2.24. The van der Waals surface area contributed by atoms with Gasteiger partial charge in [0.1, 0.15) is 5.84 Å². The van der Waals surface area contributed by atoms with Crippen LogP contribution in [0.5, 0.6) is 0 Å². The van der Waals surface area contributed by atoms with E-state index in [9.17, 15) is 0 Å². The molecule has 1 unspecified atom stereocenters. The van der Waals surface area contributed by atoms with Gasteiger partial charge in [0.15, 0.2) is 0 Å². The van der Waals surface area contributed by atoms with Gasteiger partial charge in [-0.1, -0.05) is 0 Å². The van der Waals surface area contributed by atoms with E-state index in [-0.39, 0.29) is 5.38 Å². The van der Waals surface area contributed by atoms with E-state index in [1.165, 1.54) is 5.57 Å². The fraction of sp³-hybridized carbons (Fsp3) is 0.625. The molecule has 0 saturated carbocycles. The number of rotatable bonds is 1. The van der Waals surface area contributed by atoms with Gasteiger partial charge >= 0.3 is 0 Å². The van der Waals surface area contributed by atoms with Gasteiger partial charge in [0.25, 0.3) is 0 Å². The lowest BCUT2D eigenvalue weighted by atomic mass is 10.1. The van der Waals surface area contributed by atoms with Crippen molar-refractivity contribution in [1.29, 1.82) is 0 Å². The van der Waals surface area contributed by atoms with Crippen molar-refractivity contribution in [2.45, 2.75) is 25.6 Å². The SMILES string of the molecule is CNC1=NC(C)=C(C(C)Cl)C1. The van der Waals surface area contributed by atoms with Crippen LogP contribution in [0.4, 0.5) is 0 Å². The van der Waals surface area contributed by atoms with Crippen LogP contribution in [0.3, 0.4) is 0 Å². The first-order chi connectivity index (χ1) is 5.15. The Labute approximate surface area is 72.3 Å². The van der Waals surface area contributed by atoms with E-state index in [0.717, 1.165) is 18.0 Å². The highest BCUT2D eigenvalue weighted by molar-refractivity contribution is 6.22. The third kappa shape index (κ3) is 1.74. The summed E-state index contributed by atoms with van der Waals surface area (Å²) in [5.74, 6) is 1.02. The summed E-state index contributed by atoms with van der Waals surface area (Å²) < 4.78 is 0. The first-order valence-corrected chi connectivity index (χ1v) is 4.17. The molecule has 1 aliphatic rings. The van der Waals surface area contributed by atoms with E-state index in [1.807, 2.05) is 20.9 Å². The molecule has 0 aromatic rings. The average molecular weight is 173 g/mol. The Bertz CT molecular complexity index is 216. The molecule has 1 rings (SSSR count). The van der Waals surface area contributed by atoms with Crippen molar-refractivity contribution >= 4 is 17.4 Å². The Morgan fingerprint density at radius 2 is 2.27 bits per heavy atom. The molecule has 0 saturated heterocycles. The van der Waals surface area contributed by atoms with Crippen LogP contribution in [-0.2, 0) is 0 Å². The zero-order chi connectivity index (χ0) is 8.43. The quantitative estimate of drug-likeness (QED) is 0.601. The lowest BCUT2D eigenvalue weighted by Gasteiger charge is -2.04. The molecule has 0 aromatic carbocycles. The van der Waals surface area contributed by atoms with E-state index < -0.39 is 0 Å². The summed E-state index contributed by atoms with van der Waals surface area (Å²) in [6, 6.07) is 0. The van der Waals surface area contributed by atoms with E-state index in [1.54, 1.807) is 0 Å². The molecule has 0 aliphatic carbocycles. The van der Waals surface area contributed by atoms with Gasteiger partial charge < -0.3 is 5.32 Å². The van der Waals surface area contributed by atoms with Crippen molar-refractivity contribution in [2.75, 3.05) is 7.05 Å². The Morgan fingerprint density at radius 1 is 1.64 bits per heavy atom. The second kappa shape index (κ2) is 3.26. The minimum atomic E-state index is 0.101. The number of hydrogen-bond acceptors (Lipinski definition) is 2. The molecule has 0 fully saturated rings. The van der Waals surface area contributed by atoms with Crippen LogP contribution in [0.2, 0.25) is 0 Å². The Morgan fingerprint density at radius 3 is 2.55 bits per heavy atom. The number of halogens is 1. The standard InChI is InChI=1S/C8H13ClN2/c1-5(9)7-4-8(10-3)11-6(7)2/h5H,4H2,1-3H3,(H,10,11). The lowest BCUT2D eigenvalue weighted by Crippen LogP contribution is -2.16. The number of hydrogen-bond donors (Lipinski definition) is 1. The molecular weight excluding hydrogens is 160 g/mol. The van der Waals surface area contributed by atoms with Crippen LogP contribution in [-0.4, -0.2) is 18.3 Å². The predicted molar refractivity (Wildman–Crippen MR) is 49.1 cm³/mol. The first kappa shape index (κ1) is 8.60. The Kier molecular flexibility index (Phi) is 2.55. The van der Waals surface area contributed by atoms with Crippen LogP contribution in [0.1, 0.15) is 20.3 Å². The summed E-state index contributed by atoms with van der Waals surface area (Å²) in [4.78, 5) is 4.31. The van der Waals surface area contributed by atoms with Gasteiger partial charge in [-0.15, -0.1) is 11.6 Å². The average Bonchev–Trinajstić information content (AvgIpc) is 2.30. The summed E-state index contributed by atoms with van der Waals surface area (Å²) in [5.41, 5.74) is 2.30. The molecule has 0 spiro atoms. The molecule has 1 atom stereocenters. The smallest absolute Gasteiger partial charge is 0.106 e. The Balaban J connectivity index is 2.70. The molecule has 11 heavy (non-hydrogen) atoms. The molecule has 62 valence electrons. The van der Waals surface area contributed by atoms with Crippen LogP contribution >= 0.6 is 11.6 Å². The zero-order valence-corrected chi connectivity index (χ0v) is 7.87. The van der Waals surface area contributed by atoms with Crippen molar-refractivity contribution in [3.8, 4) is 0 Å². The molecule has 0 amide bonds. The molecule has 2 nitrogen and oxygen atoms in total. The van der Waals surface area contributed by atoms with Gasteiger partial charge in [-0.3, -0.25) is 0 Å². The summed E-state index contributed by atoms with van der Waals surface area (Å²) in [5, 5.41) is 3.13. The number of alkyl halides is 1. The number of nitrogens with one attached hydrogen (secondary N) is 1. The van der Waals surface area contributed by atoms with Crippen molar-refractivity contribution in [2.24, 2.45) is 4.99 Å². The van der Waals surface area contributed by atoms with Gasteiger partial charge in [0.05, 0.1) is 5.38 Å². The molecule has 1 N–H and O–H groups in total. The number of nitrogens with zero attached hydrogens (tertiary/aromatic N) is 1. The normalized spacial score (nSPS) is 20.2. The monoisotopic (exact) mass is 172 g/mol. The second-order valence-corrected chi connectivity index (χ2v) is 3.37. The first-order valence-electron chi connectivity index (χ1n) is 3.74. The minimum absolute atomic E-state index is 0.101. The topological polar surface area (TPSA) is 24.4 Å². The number of aliphatic imine (C=N–C) groups is 1. The molecule has 0 aromatic heterocycles. The zero-order valence-electron chi connectivity index (χ0n) is 7.11. The maximum absolute atomic E-state index is 5.94. The molecule has 0 radical (unpaired) electrons. The van der Waals surface area contributed by atoms with Gasteiger partial charge in [-0.05, 0) is 19.4 Å². The van der Waals surface area contributed by atoms with Gasteiger partial charge in [-0.2, -0.15) is 0 Å². The minimum Gasteiger partial charge on any atom is -0.376 e. The van der Waals surface area contributed by atoms with Crippen molar-refractivity contribution in [3.05, 3.63) is 11.3 Å². The fourth-order valence-corrected chi connectivity index (χ4v) is 1.43. The predicted octanol–water partition coefficient (Wildman–Crippen LogP) is 1.91. The summed E-state index contributed by atoms with van der Waals surface area (Å²) in [6.07, 6.45) is 0.882. The van der Waals surface area contributed by atoms with Crippen molar-refractivity contribution < 1.29 is 0 Å². The van der Waals surface area contributed by atoms with Gasteiger partial charge in [0.2, 0.25) is 0 Å². The molecular formula is C8H13ClN2. The number of allylic oxidation sites excluding steroid dienone is 1. The van der Waals surface area contributed by atoms with E-state index in [4.69, 9.17) is 11.6 Å².